The minimum atomic E-state index is -0.0883. The van der Waals surface area contributed by atoms with E-state index in [4.69, 9.17) is 0 Å². The molecule has 0 spiro atoms. The normalized spacial score (nSPS) is 11.0. The van der Waals surface area contributed by atoms with Crippen LogP contribution in [0, 0.1) is 0 Å². The fourth-order valence-corrected chi connectivity index (χ4v) is 3.12. The number of benzene rings is 2. The summed E-state index contributed by atoms with van der Waals surface area (Å²) in [4.78, 5) is 19.7. The number of halogens is 1. The van der Waals surface area contributed by atoms with Gasteiger partial charge in [0.1, 0.15) is 0 Å². The van der Waals surface area contributed by atoms with Gasteiger partial charge in [0.25, 0.3) is 5.91 Å². The molecule has 0 radical (unpaired) electrons. The molecule has 0 aliphatic heterocycles. The number of aromatic nitrogens is 1. The zero-order valence-corrected chi connectivity index (χ0v) is 19.1. The van der Waals surface area contributed by atoms with Crippen LogP contribution in [-0.4, -0.2) is 37.0 Å². The lowest BCUT2D eigenvalue weighted by atomic mass is 10.1. The van der Waals surface area contributed by atoms with Gasteiger partial charge >= 0.3 is 0 Å². The number of aliphatic imine (C=N–C) groups is 1. The maximum absolute atomic E-state index is 11.8. The van der Waals surface area contributed by atoms with E-state index in [2.05, 4.69) is 50.3 Å². The van der Waals surface area contributed by atoms with Gasteiger partial charge in [-0.15, -0.1) is 24.0 Å². The summed E-state index contributed by atoms with van der Waals surface area (Å²) < 4.78 is 0. The van der Waals surface area contributed by atoms with Gasteiger partial charge in [0, 0.05) is 42.8 Å². The molecule has 1 aromatic heterocycles. The zero-order chi connectivity index (χ0) is 19.8. The van der Waals surface area contributed by atoms with Gasteiger partial charge in [-0.05, 0) is 42.7 Å². The highest BCUT2D eigenvalue weighted by molar-refractivity contribution is 14.0. The second-order valence-electron chi connectivity index (χ2n) is 6.51. The Kier molecular flexibility index (Phi) is 8.98. The summed E-state index contributed by atoms with van der Waals surface area (Å²) in [6.07, 6.45) is 2.97. The van der Waals surface area contributed by atoms with Crippen LogP contribution in [0.3, 0.4) is 0 Å². The fraction of sp³-hybridized carbons (Fsp3) is 0.273. The molecule has 0 aliphatic rings. The number of H-pyrrole nitrogens is 1. The quantitative estimate of drug-likeness (QED) is 0.226. The average Bonchev–Trinajstić information content (AvgIpc) is 3.15. The monoisotopic (exact) mass is 505 g/mol. The summed E-state index contributed by atoms with van der Waals surface area (Å²) in [6, 6.07) is 15.9. The summed E-state index contributed by atoms with van der Waals surface area (Å²) >= 11 is 0. The van der Waals surface area contributed by atoms with E-state index in [9.17, 15) is 4.79 Å². The third-order valence-corrected chi connectivity index (χ3v) is 4.54. The van der Waals surface area contributed by atoms with Crippen molar-refractivity contribution in [3.63, 3.8) is 0 Å². The number of carbonyl (C=O) groups excluding carboxylic acids is 1. The van der Waals surface area contributed by atoms with Crippen molar-refractivity contribution >= 4 is 46.7 Å². The minimum Gasteiger partial charge on any atom is -0.361 e. The van der Waals surface area contributed by atoms with E-state index in [0.29, 0.717) is 12.1 Å². The molecule has 0 bridgehead atoms. The molecular weight excluding hydrogens is 477 g/mol. The van der Waals surface area contributed by atoms with Gasteiger partial charge in [-0.3, -0.25) is 4.79 Å². The van der Waals surface area contributed by atoms with Gasteiger partial charge in [-0.2, -0.15) is 0 Å². The lowest BCUT2D eigenvalue weighted by Crippen LogP contribution is -2.38. The Bertz CT molecular complexity index is 967. The molecule has 0 atom stereocenters. The summed E-state index contributed by atoms with van der Waals surface area (Å²) in [7, 11) is 1.63. The summed E-state index contributed by atoms with van der Waals surface area (Å²) in [5, 5.41) is 10.6. The molecular formula is C22H28IN5O. The van der Waals surface area contributed by atoms with Crippen LogP contribution < -0.4 is 16.0 Å². The third kappa shape index (κ3) is 6.22. The molecule has 6 nitrogen and oxygen atoms in total. The van der Waals surface area contributed by atoms with Crippen molar-refractivity contribution in [1.82, 2.24) is 20.9 Å². The molecule has 0 aliphatic carbocycles. The van der Waals surface area contributed by atoms with E-state index < -0.39 is 0 Å². The van der Waals surface area contributed by atoms with Crippen LogP contribution in [-0.2, 0) is 13.0 Å². The second-order valence-corrected chi connectivity index (χ2v) is 6.51. The van der Waals surface area contributed by atoms with Crippen LogP contribution in [0.5, 0.6) is 0 Å². The highest BCUT2D eigenvalue weighted by Gasteiger charge is 2.05. The second kappa shape index (κ2) is 11.5. The van der Waals surface area contributed by atoms with Crippen molar-refractivity contribution in [1.29, 1.82) is 0 Å². The molecule has 3 aromatic rings. The fourth-order valence-electron chi connectivity index (χ4n) is 3.12. The number of nitrogens with one attached hydrogen (secondary N) is 4. The lowest BCUT2D eigenvalue weighted by molar-refractivity contribution is 0.0963. The van der Waals surface area contributed by atoms with Crippen molar-refractivity contribution in [2.45, 2.75) is 19.9 Å². The smallest absolute Gasteiger partial charge is 0.251 e. The van der Waals surface area contributed by atoms with Gasteiger partial charge < -0.3 is 20.9 Å². The van der Waals surface area contributed by atoms with Gasteiger partial charge in [-0.25, -0.2) is 4.99 Å². The summed E-state index contributed by atoms with van der Waals surface area (Å²) in [6.45, 7) is 4.12. The summed E-state index contributed by atoms with van der Waals surface area (Å²) in [5.74, 6) is 0.683. The van der Waals surface area contributed by atoms with Crippen molar-refractivity contribution in [2.75, 3.05) is 20.1 Å². The number of rotatable bonds is 7. The first-order valence-electron chi connectivity index (χ1n) is 9.59. The highest BCUT2D eigenvalue weighted by Crippen LogP contribution is 2.17. The molecule has 7 heteroatoms. The van der Waals surface area contributed by atoms with Crippen molar-refractivity contribution < 1.29 is 4.79 Å². The van der Waals surface area contributed by atoms with E-state index in [1.165, 1.54) is 10.9 Å². The SMILES string of the molecule is CCNC(=NCc1cccc(C(=O)NC)c1)NCCc1c[nH]c2ccccc12.I. The lowest BCUT2D eigenvalue weighted by Gasteiger charge is -2.11. The number of hydrogen-bond donors (Lipinski definition) is 4. The van der Waals surface area contributed by atoms with Gasteiger partial charge in [0.2, 0.25) is 0 Å². The maximum atomic E-state index is 11.8. The van der Waals surface area contributed by atoms with Crippen molar-refractivity contribution in [2.24, 2.45) is 4.99 Å². The van der Waals surface area contributed by atoms with Gasteiger partial charge in [0.15, 0.2) is 5.96 Å². The first-order chi connectivity index (χ1) is 13.7. The molecule has 29 heavy (non-hydrogen) atoms. The van der Waals surface area contributed by atoms with E-state index in [1.54, 1.807) is 13.1 Å². The molecule has 4 N–H and O–H groups in total. The van der Waals surface area contributed by atoms with Crippen molar-refractivity contribution in [3.05, 3.63) is 71.4 Å². The van der Waals surface area contributed by atoms with Crippen molar-refractivity contribution in [3.8, 4) is 0 Å². The molecule has 3 rings (SSSR count). The van der Waals surface area contributed by atoms with Gasteiger partial charge in [-0.1, -0.05) is 30.3 Å². The van der Waals surface area contributed by atoms with E-state index in [0.717, 1.165) is 36.6 Å². The molecule has 0 saturated heterocycles. The number of para-hydroxylation sites is 1. The summed E-state index contributed by atoms with van der Waals surface area (Å²) in [5.41, 5.74) is 4.09. The van der Waals surface area contributed by atoms with Gasteiger partial charge in [0.05, 0.1) is 6.54 Å². The van der Waals surface area contributed by atoms with Crippen LogP contribution in [0.15, 0.2) is 59.7 Å². The Morgan fingerprint density at radius 2 is 1.93 bits per heavy atom. The Morgan fingerprint density at radius 3 is 2.72 bits per heavy atom. The Hall–Kier alpha value is -2.55. The third-order valence-electron chi connectivity index (χ3n) is 4.54. The largest absolute Gasteiger partial charge is 0.361 e. The minimum absolute atomic E-state index is 0. The molecule has 2 aromatic carbocycles. The standard InChI is InChI=1S/C22H27N5O.HI/c1-3-24-22(27-14-16-7-6-8-17(13-16)21(28)23-2)25-12-11-18-15-26-20-10-5-4-9-19(18)20;/h4-10,13,15,26H,3,11-12,14H2,1-2H3,(H,23,28)(H2,24,25,27);1H. The predicted molar refractivity (Wildman–Crippen MR) is 130 cm³/mol. The molecule has 0 unspecified atom stereocenters. The molecule has 0 saturated carbocycles. The van der Waals surface area contributed by atoms with Crippen LogP contribution in [0.4, 0.5) is 0 Å². The Morgan fingerprint density at radius 1 is 1.10 bits per heavy atom. The molecule has 1 amide bonds. The topological polar surface area (TPSA) is 81.3 Å². The molecule has 1 heterocycles. The van der Waals surface area contributed by atoms with E-state index in [-0.39, 0.29) is 29.9 Å². The van der Waals surface area contributed by atoms with Crippen LogP contribution >= 0.6 is 24.0 Å². The average molecular weight is 505 g/mol. The number of fused-ring (bicyclic) bond motifs is 1. The number of hydrogen-bond acceptors (Lipinski definition) is 2. The Balaban J connectivity index is 0.00000300. The van der Waals surface area contributed by atoms with Crippen LogP contribution in [0.25, 0.3) is 10.9 Å². The molecule has 154 valence electrons. The number of aromatic amines is 1. The van der Waals surface area contributed by atoms with E-state index in [1.807, 2.05) is 31.2 Å². The van der Waals surface area contributed by atoms with Crippen LogP contribution in [0.1, 0.15) is 28.4 Å². The number of carbonyl (C=O) groups is 1. The number of nitrogens with zero attached hydrogens (tertiary/aromatic N) is 1. The zero-order valence-electron chi connectivity index (χ0n) is 16.8. The number of guanidine groups is 1. The van der Waals surface area contributed by atoms with E-state index >= 15 is 0 Å². The first kappa shape index (κ1) is 22.7. The predicted octanol–water partition coefficient (Wildman–Crippen LogP) is 3.44. The Labute approximate surface area is 188 Å². The molecule has 0 fully saturated rings. The highest BCUT2D eigenvalue weighted by atomic mass is 127. The number of amides is 1. The first-order valence-corrected chi connectivity index (χ1v) is 9.59. The maximum Gasteiger partial charge on any atom is 0.251 e. The van der Waals surface area contributed by atoms with Crippen LogP contribution in [0.2, 0.25) is 0 Å².